The summed E-state index contributed by atoms with van der Waals surface area (Å²) in [4.78, 5) is 4.83. The monoisotopic (exact) mass is 421 g/mol. The maximum atomic E-state index is 11.5. The van der Waals surface area contributed by atoms with Crippen LogP contribution in [0.3, 0.4) is 0 Å². The number of hydrogen-bond acceptors (Lipinski definition) is 5. The minimum Gasteiger partial charge on any atom is -0.466 e. The molecule has 0 amide bonds. The number of nitrogens with zero attached hydrogens (tertiary/aromatic N) is 1. The van der Waals surface area contributed by atoms with Crippen molar-refractivity contribution in [2.24, 2.45) is 4.99 Å². The van der Waals surface area contributed by atoms with E-state index in [2.05, 4.69) is 15.6 Å². The zero-order valence-electron chi connectivity index (χ0n) is 17.7. The SMILES string of the molecule is CCNC(=NCC(C)(O)c1cc(C)oc1C)NCCc1ccc(S(C)(=O)=O)cc1. The molecule has 1 heterocycles. The van der Waals surface area contributed by atoms with Gasteiger partial charge in [0.05, 0.1) is 11.4 Å². The first-order chi connectivity index (χ1) is 13.5. The average Bonchev–Trinajstić information content (AvgIpc) is 2.98. The lowest BCUT2D eigenvalue weighted by molar-refractivity contribution is 0.0657. The number of guanidine groups is 1. The van der Waals surface area contributed by atoms with Gasteiger partial charge in [0.2, 0.25) is 0 Å². The summed E-state index contributed by atoms with van der Waals surface area (Å²) in [6.45, 7) is 8.88. The van der Waals surface area contributed by atoms with Gasteiger partial charge in [-0.1, -0.05) is 12.1 Å². The number of aliphatic hydroxyl groups is 1. The lowest BCUT2D eigenvalue weighted by Crippen LogP contribution is -2.39. The van der Waals surface area contributed by atoms with Gasteiger partial charge < -0.3 is 20.2 Å². The fourth-order valence-electron chi connectivity index (χ4n) is 3.05. The Kier molecular flexibility index (Phi) is 7.48. The first kappa shape index (κ1) is 23.0. The predicted molar refractivity (Wildman–Crippen MR) is 115 cm³/mol. The van der Waals surface area contributed by atoms with E-state index in [-0.39, 0.29) is 6.54 Å². The van der Waals surface area contributed by atoms with E-state index in [4.69, 9.17) is 4.42 Å². The van der Waals surface area contributed by atoms with Crippen molar-refractivity contribution in [2.45, 2.75) is 44.6 Å². The van der Waals surface area contributed by atoms with E-state index < -0.39 is 15.4 Å². The van der Waals surface area contributed by atoms with E-state index in [0.29, 0.717) is 36.1 Å². The highest BCUT2D eigenvalue weighted by atomic mass is 32.2. The third kappa shape index (κ3) is 6.61. The largest absolute Gasteiger partial charge is 0.466 e. The summed E-state index contributed by atoms with van der Waals surface area (Å²) in [5.41, 5.74) is 0.629. The second-order valence-corrected chi connectivity index (χ2v) is 9.40. The Morgan fingerprint density at radius 3 is 2.38 bits per heavy atom. The third-order valence-electron chi connectivity index (χ3n) is 4.57. The maximum absolute atomic E-state index is 11.5. The molecule has 0 aliphatic heterocycles. The van der Waals surface area contributed by atoms with Crippen LogP contribution in [0.1, 0.15) is 36.5 Å². The van der Waals surface area contributed by atoms with Crippen LogP contribution in [0.4, 0.5) is 0 Å². The molecule has 1 atom stereocenters. The molecule has 0 saturated carbocycles. The second-order valence-electron chi connectivity index (χ2n) is 7.39. The van der Waals surface area contributed by atoms with Gasteiger partial charge in [0.25, 0.3) is 0 Å². The summed E-state index contributed by atoms with van der Waals surface area (Å²) in [5, 5.41) is 17.2. The van der Waals surface area contributed by atoms with Crippen molar-refractivity contribution in [1.82, 2.24) is 10.6 Å². The Morgan fingerprint density at radius 2 is 1.86 bits per heavy atom. The van der Waals surface area contributed by atoms with Crippen molar-refractivity contribution in [3.8, 4) is 0 Å². The molecule has 1 aromatic heterocycles. The molecule has 0 aliphatic rings. The summed E-state index contributed by atoms with van der Waals surface area (Å²) in [6.07, 6.45) is 1.91. The van der Waals surface area contributed by atoms with Crippen LogP contribution in [0.25, 0.3) is 0 Å². The minimum atomic E-state index is -3.18. The molecule has 7 nitrogen and oxygen atoms in total. The lowest BCUT2D eigenvalue weighted by Gasteiger charge is -2.21. The Balaban J connectivity index is 1.98. The van der Waals surface area contributed by atoms with Gasteiger partial charge in [-0.15, -0.1) is 0 Å². The number of nitrogens with one attached hydrogen (secondary N) is 2. The number of sulfone groups is 1. The van der Waals surface area contributed by atoms with Gasteiger partial charge in [-0.3, -0.25) is 0 Å². The average molecular weight is 422 g/mol. The number of benzene rings is 1. The Bertz CT molecular complexity index is 945. The van der Waals surface area contributed by atoms with Crippen LogP contribution in [-0.2, 0) is 21.9 Å². The summed E-state index contributed by atoms with van der Waals surface area (Å²) >= 11 is 0. The molecule has 0 spiro atoms. The first-order valence-corrected chi connectivity index (χ1v) is 11.5. The smallest absolute Gasteiger partial charge is 0.191 e. The van der Waals surface area contributed by atoms with Crippen molar-refractivity contribution in [3.63, 3.8) is 0 Å². The molecule has 160 valence electrons. The number of furan rings is 1. The van der Waals surface area contributed by atoms with Gasteiger partial charge in [0, 0.05) is 24.9 Å². The molecular weight excluding hydrogens is 390 g/mol. The summed E-state index contributed by atoms with van der Waals surface area (Å²) in [6, 6.07) is 8.71. The third-order valence-corrected chi connectivity index (χ3v) is 5.70. The van der Waals surface area contributed by atoms with E-state index >= 15 is 0 Å². The molecule has 8 heteroatoms. The summed E-state index contributed by atoms with van der Waals surface area (Å²) in [7, 11) is -3.18. The van der Waals surface area contributed by atoms with E-state index in [1.165, 1.54) is 6.26 Å². The molecule has 0 saturated heterocycles. The van der Waals surface area contributed by atoms with E-state index in [0.717, 1.165) is 16.9 Å². The number of aliphatic imine (C=N–C) groups is 1. The fourth-order valence-corrected chi connectivity index (χ4v) is 3.68. The summed E-state index contributed by atoms with van der Waals surface area (Å²) < 4.78 is 28.6. The van der Waals surface area contributed by atoms with Crippen LogP contribution in [0, 0.1) is 13.8 Å². The van der Waals surface area contributed by atoms with Gasteiger partial charge in [0.1, 0.15) is 17.1 Å². The van der Waals surface area contributed by atoms with Crippen LogP contribution >= 0.6 is 0 Å². The zero-order chi connectivity index (χ0) is 21.7. The topological polar surface area (TPSA) is 104 Å². The van der Waals surface area contributed by atoms with Crippen LogP contribution in [-0.4, -0.2) is 45.4 Å². The van der Waals surface area contributed by atoms with Gasteiger partial charge in [-0.05, 0) is 57.9 Å². The van der Waals surface area contributed by atoms with E-state index in [1.54, 1.807) is 19.1 Å². The minimum absolute atomic E-state index is 0.186. The van der Waals surface area contributed by atoms with Gasteiger partial charge in [-0.25, -0.2) is 13.4 Å². The molecule has 1 unspecified atom stereocenters. The molecule has 2 rings (SSSR count). The van der Waals surface area contributed by atoms with Crippen molar-refractivity contribution >= 4 is 15.8 Å². The first-order valence-electron chi connectivity index (χ1n) is 9.64. The maximum Gasteiger partial charge on any atom is 0.191 e. The molecule has 3 N–H and O–H groups in total. The van der Waals surface area contributed by atoms with Crippen molar-refractivity contribution < 1.29 is 17.9 Å². The molecule has 0 bridgehead atoms. The highest BCUT2D eigenvalue weighted by Crippen LogP contribution is 2.27. The van der Waals surface area contributed by atoms with Crippen molar-refractivity contribution in [2.75, 3.05) is 25.9 Å². The Morgan fingerprint density at radius 1 is 1.21 bits per heavy atom. The predicted octanol–water partition coefficient (Wildman–Crippen LogP) is 2.31. The highest BCUT2D eigenvalue weighted by molar-refractivity contribution is 7.90. The highest BCUT2D eigenvalue weighted by Gasteiger charge is 2.27. The lowest BCUT2D eigenvalue weighted by atomic mass is 9.96. The van der Waals surface area contributed by atoms with Crippen LogP contribution in [0.2, 0.25) is 0 Å². The Labute approximate surface area is 173 Å². The number of hydrogen-bond donors (Lipinski definition) is 3. The second kappa shape index (κ2) is 9.45. The number of rotatable bonds is 8. The van der Waals surface area contributed by atoms with Gasteiger partial charge in [0.15, 0.2) is 15.8 Å². The normalized spacial score (nSPS) is 14.5. The molecule has 1 aromatic carbocycles. The van der Waals surface area contributed by atoms with E-state index in [9.17, 15) is 13.5 Å². The standard InChI is InChI=1S/C21H31N3O4S/c1-6-22-20(24-14-21(4,25)19-13-15(2)28-16(19)3)23-12-11-17-7-9-18(10-8-17)29(5,26)27/h7-10,13,25H,6,11-12,14H2,1-5H3,(H2,22,23,24). The van der Waals surface area contributed by atoms with Gasteiger partial charge in [-0.2, -0.15) is 0 Å². The van der Waals surface area contributed by atoms with Gasteiger partial charge >= 0.3 is 0 Å². The molecule has 0 aliphatic carbocycles. The molecule has 0 fully saturated rings. The van der Waals surface area contributed by atoms with Crippen molar-refractivity contribution in [3.05, 3.63) is 53.0 Å². The molecule has 0 radical (unpaired) electrons. The Hall–Kier alpha value is -2.32. The molecular formula is C21H31N3O4S. The van der Waals surface area contributed by atoms with E-state index in [1.807, 2.05) is 39.0 Å². The quantitative estimate of drug-likeness (QED) is 0.446. The summed E-state index contributed by atoms with van der Waals surface area (Å²) in [5.74, 6) is 2.06. The zero-order valence-corrected chi connectivity index (χ0v) is 18.6. The van der Waals surface area contributed by atoms with Crippen LogP contribution < -0.4 is 10.6 Å². The van der Waals surface area contributed by atoms with Crippen molar-refractivity contribution in [1.29, 1.82) is 0 Å². The van der Waals surface area contributed by atoms with Crippen LogP contribution in [0.15, 0.2) is 44.6 Å². The molecule has 29 heavy (non-hydrogen) atoms. The molecule has 2 aromatic rings. The fraction of sp³-hybridized carbons (Fsp3) is 0.476. The number of aryl methyl sites for hydroxylation is 2. The van der Waals surface area contributed by atoms with Crippen LogP contribution in [0.5, 0.6) is 0 Å².